The summed E-state index contributed by atoms with van der Waals surface area (Å²) >= 11 is 0. The van der Waals surface area contributed by atoms with Crippen LogP contribution in [0.15, 0.2) is 53.3 Å². The van der Waals surface area contributed by atoms with Gasteiger partial charge in [0.15, 0.2) is 11.5 Å². The molecule has 5 rings (SSSR count). The van der Waals surface area contributed by atoms with E-state index in [0.717, 1.165) is 53.5 Å². The minimum Gasteiger partial charge on any atom is -0.508 e. The van der Waals surface area contributed by atoms with E-state index >= 15 is 0 Å². The number of fused-ring (bicyclic) bond motifs is 3. The van der Waals surface area contributed by atoms with Crippen molar-refractivity contribution in [2.45, 2.75) is 57.2 Å². The molecule has 3 aromatic carbocycles. The fourth-order valence-corrected chi connectivity index (χ4v) is 6.18. The van der Waals surface area contributed by atoms with Crippen LogP contribution in [0.5, 0.6) is 23.0 Å². The molecule has 206 valence electrons. The summed E-state index contributed by atoms with van der Waals surface area (Å²) in [6, 6.07) is 15.4. The van der Waals surface area contributed by atoms with Gasteiger partial charge in [0, 0.05) is 29.8 Å². The number of hydrogen-bond acceptors (Lipinski definition) is 7. The van der Waals surface area contributed by atoms with Gasteiger partial charge in [-0.3, -0.25) is 9.69 Å². The van der Waals surface area contributed by atoms with Crippen LogP contribution >= 0.6 is 0 Å². The number of phenols is 1. The van der Waals surface area contributed by atoms with Crippen molar-refractivity contribution in [1.29, 1.82) is 0 Å². The van der Waals surface area contributed by atoms with Gasteiger partial charge < -0.3 is 24.6 Å². The Labute approximate surface area is 230 Å². The smallest absolute Gasteiger partial charge is 0.203 e. The molecule has 7 nitrogen and oxygen atoms in total. The second kappa shape index (κ2) is 11.6. The molecule has 1 saturated carbocycles. The molecule has 1 fully saturated rings. The summed E-state index contributed by atoms with van der Waals surface area (Å²) in [7, 11) is 6.92. The molecule has 0 heterocycles. The zero-order chi connectivity index (χ0) is 27.5. The lowest BCUT2D eigenvalue weighted by atomic mass is 9.95. The van der Waals surface area contributed by atoms with Crippen molar-refractivity contribution in [2.75, 3.05) is 33.7 Å². The van der Waals surface area contributed by atoms with Crippen molar-refractivity contribution in [2.24, 2.45) is 0 Å². The number of aromatic hydroxyl groups is 1. The SMILES string of the molecule is COc1cc2c(c(OC)c1OC)-c1ccc(NC3CCCC3)c(=O)cc1C(N(C)Cc1ccccc1O)CC2. The Morgan fingerprint density at radius 2 is 1.69 bits per heavy atom. The molecule has 1 atom stereocenters. The molecule has 0 spiro atoms. The zero-order valence-electron chi connectivity index (χ0n) is 23.3. The van der Waals surface area contributed by atoms with E-state index in [2.05, 4.69) is 10.2 Å². The van der Waals surface area contributed by atoms with Gasteiger partial charge >= 0.3 is 0 Å². The Kier molecular flexibility index (Phi) is 7.98. The van der Waals surface area contributed by atoms with Crippen LogP contribution in [0.3, 0.4) is 0 Å². The monoisotopic (exact) mass is 530 g/mol. The standard InChI is InChI=1S/C32H38N2O5/c1-34(19-21-9-5-8-12-27(21)35)26-16-13-20-17-29(37-2)31(38-3)32(39-4)30(20)23-14-15-25(28(36)18-24(23)26)33-22-10-6-7-11-22/h5,8-9,12,14-15,17-18,22,26,35H,6-7,10-11,13,16,19H2,1-4H3,(H,33,36). The number of hydrogen-bond donors (Lipinski definition) is 2. The molecule has 0 saturated heterocycles. The van der Waals surface area contributed by atoms with Crippen LogP contribution in [-0.4, -0.2) is 44.4 Å². The molecule has 0 bridgehead atoms. The van der Waals surface area contributed by atoms with Crippen molar-refractivity contribution >= 4 is 5.69 Å². The molecule has 2 N–H and O–H groups in total. The number of para-hydroxylation sites is 1. The number of methoxy groups -OCH3 is 3. The van der Waals surface area contributed by atoms with Crippen molar-refractivity contribution in [1.82, 2.24) is 4.90 Å². The number of aryl methyl sites for hydroxylation is 1. The largest absolute Gasteiger partial charge is 0.508 e. The van der Waals surface area contributed by atoms with Crippen molar-refractivity contribution in [3.8, 4) is 34.1 Å². The molecule has 7 heteroatoms. The van der Waals surface area contributed by atoms with E-state index in [4.69, 9.17) is 14.2 Å². The maximum Gasteiger partial charge on any atom is 0.203 e. The van der Waals surface area contributed by atoms with Crippen LogP contribution < -0.4 is 25.0 Å². The Hall–Kier alpha value is -3.71. The maximum atomic E-state index is 13.7. The van der Waals surface area contributed by atoms with Gasteiger partial charge in [-0.15, -0.1) is 0 Å². The summed E-state index contributed by atoms with van der Waals surface area (Å²) in [5.41, 5.74) is 5.31. The molecule has 0 aromatic heterocycles. The topological polar surface area (TPSA) is 80.3 Å². The summed E-state index contributed by atoms with van der Waals surface area (Å²) in [6.07, 6.45) is 6.06. The highest BCUT2D eigenvalue weighted by molar-refractivity contribution is 5.83. The Balaban J connectivity index is 1.69. The molecule has 0 amide bonds. The predicted octanol–water partition coefficient (Wildman–Crippen LogP) is 5.92. The molecule has 39 heavy (non-hydrogen) atoms. The summed E-state index contributed by atoms with van der Waals surface area (Å²) in [4.78, 5) is 15.9. The molecule has 3 aromatic rings. The Morgan fingerprint density at radius 1 is 0.949 bits per heavy atom. The van der Waals surface area contributed by atoms with E-state index in [-0.39, 0.29) is 17.2 Å². The lowest BCUT2D eigenvalue weighted by Crippen LogP contribution is -2.25. The fourth-order valence-electron chi connectivity index (χ4n) is 6.18. The zero-order valence-corrected chi connectivity index (χ0v) is 23.3. The first kappa shape index (κ1) is 26.9. The summed E-state index contributed by atoms with van der Waals surface area (Å²) in [5.74, 6) is 2.01. The number of nitrogens with zero attached hydrogens (tertiary/aromatic N) is 1. The fraction of sp³-hybridized carbons (Fsp3) is 0.406. The third kappa shape index (κ3) is 5.28. The highest BCUT2D eigenvalue weighted by Gasteiger charge is 2.31. The summed E-state index contributed by atoms with van der Waals surface area (Å²) in [5, 5.41) is 14.0. The molecule has 2 aliphatic carbocycles. The van der Waals surface area contributed by atoms with Gasteiger partial charge in [0.1, 0.15) is 5.75 Å². The van der Waals surface area contributed by atoms with Gasteiger partial charge in [0.25, 0.3) is 0 Å². The van der Waals surface area contributed by atoms with Crippen LogP contribution in [0.1, 0.15) is 54.8 Å². The first-order valence-electron chi connectivity index (χ1n) is 13.7. The van der Waals surface area contributed by atoms with Crippen molar-refractivity contribution in [3.63, 3.8) is 0 Å². The van der Waals surface area contributed by atoms with Gasteiger partial charge in [0.05, 0.1) is 27.0 Å². The van der Waals surface area contributed by atoms with E-state index < -0.39 is 0 Å². The average Bonchev–Trinajstić information content (AvgIpc) is 3.34. The van der Waals surface area contributed by atoms with Crippen LogP contribution in [0, 0.1) is 0 Å². The van der Waals surface area contributed by atoms with E-state index in [1.165, 1.54) is 12.8 Å². The summed E-state index contributed by atoms with van der Waals surface area (Å²) < 4.78 is 17.4. The normalized spacial score (nSPS) is 16.8. The molecule has 0 radical (unpaired) electrons. The number of nitrogens with one attached hydrogen (secondary N) is 1. The van der Waals surface area contributed by atoms with Crippen LogP contribution in [-0.2, 0) is 13.0 Å². The molecule has 2 aliphatic rings. The molecule has 0 aliphatic heterocycles. The van der Waals surface area contributed by atoms with Gasteiger partial charge in [-0.1, -0.05) is 37.1 Å². The van der Waals surface area contributed by atoms with Crippen LogP contribution in [0.2, 0.25) is 0 Å². The highest BCUT2D eigenvalue weighted by Crippen LogP contribution is 2.51. The highest BCUT2D eigenvalue weighted by atomic mass is 16.5. The van der Waals surface area contributed by atoms with Gasteiger partial charge in [-0.25, -0.2) is 0 Å². The van der Waals surface area contributed by atoms with Crippen molar-refractivity contribution < 1.29 is 19.3 Å². The van der Waals surface area contributed by atoms with Crippen LogP contribution in [0.4, 0.5) is 5.69 Å². The Morgan fingerprint density at radius 3 is 2.38 bits per heavy atom. The number of benzene rings is 2. The van der Waals surface area contributed by atoms with Gasteiger partial charge in [-0.2, -0.15) is 0 Å². The third-order valence-corrected chi connectivity index (χ3v) is 8.17. The number of anilines is 1. The van der Waals surface area contributed by atoms with E-state index in [0.29, 0.717) is 35.5 Å². The molecular weight excluding hydrogens is 492 g/mol. The maximum absolute atomic E-state index is 13.7. The first-order chi connectivity index (χ1) is 18.9. The van der Waals surface area contributed by atoms with E-state index in [1.807, 2.05) is 43.4 Å². The minimum atomic E-state index is -0.0758. The van der Waals surface area contributed by atoms with E-state index in [9.17, 15) is 9.90 Å². The number of phenolic OH excluding ortho intramolecular Hbond substituents is 1. The first-order valence-corrected chi connectivity index (χ1v) is 13.7. The third-order valence-electron chi connectivity index (χ3n) is 8.17. The second-order valence-electron chi connectivity index (χ2n) is 10.5. The molecule has 1 unspecified atom stereocenters. The lowest BCUT2D eigenvalue weighted by Gasteiger charge is -2.28. The van der Waals surface area contributed by atoms with E-state index in [1.54, 1.807) is 33.5 Å². The average molecular weight is 531 g/mol. The summed E-state index contributed by atoms with van der Waals surface area (Å²) in [6.45, 7) is 0.539. The second-order valence-corrected chi connectivity index (χ2v) is 10.5. The van der Waals surface area contributed by atoms with Crippen molar-refractivity contribution in [3.05, 3.63) is 75.4 Å². The minimum absolute atomic E-state index is 0.0213. The lowest BCUT2D eigenvalue weighted by molar-refractivity contribution is 0.223. The number of rotatable bonds is 8. The predicted molar refractivity (Wildman–Crippen MR) is 154 cm³/mol. The van der Waals surface area contributed by atoms with Gasteiger partial charge in [0.2, 0.25) is 11.2 Å². The Bertz CT molecular complexity index is 1400. The molecular formula is C32H38N2O5. The number of ether oxygens (including phenoxy) is 3. The quantitative estimate of drug-likeness (QED) is 0.374. The van der Waals surface area contributed by atoms with Gasteiger partial charge in [-0.05, 0) is 73.7 Å². The van der Waals surface area contributed by atoms with Crippen LogP contribution in [0.25, 0.3) is 11.1 Å².